The van der Waals surface area contributed by atoms with E-state index in [9.17, 15) is 9.59 Å². The molecule has 0 aliphatic carbocycles. The number of morpholine rings is 1. The van der Waals surface area contributed by atoms with Gasteiger partial charge in [-0.2, -0.15) is 0 Å². The number of carbonyl (C=O) groups is 1. The fourth-order valence-electron chi connectivity index (χ4n) is 2.90. The van der Waals surface area contributed by atoms with E-state index in [0.29, 0.717) is 59.8 Å². The lowest BCUT2D eigenvalue weighted by molar-refractivity contribution is -0.132. The van der Waals surface area contributed by atoms with Gasteiger partial charge in [-0.05, 0) is 30.5 Å². The molecule has 2 aromatic rings. The second-order valence-electron chi connectivity index (χ2n) is 6.98. The van der Waals surface area contributed by atoms with Crippen molar-refractivity contribution in [3.05, 3.63) is 33.6 Å². The van der Waals surface area contributed by atoms with E-state index >= 15 is 0 Å². The zero-order chi connectivity index (χ0) is 19.4. The van der Waals surface area contributed by atoms with Gasteiger partial charge in [0.05, 0.1) is 29.9 Å². The molecule has 1 saturated heterocycles. The van der Waals surface area contributed by atoms with Gasteiger partial charge in [-0.15, -0.1) is 0 Å². The van der Waals surface area contributed by atoms with Crippen molar-refractivity contribution in [3.63, 3.8) is 0 Å². The topological polar surface area (TPSA) is 64.4 Å². The normalized spacial score (nSPS) is 14.9. The van der Waals surface area contributed by atoms with E-state index in [1.165, 1.54) is 11.8 Å². The van der Waals surface area contributed by atoms with Crippen molar-refractivity contribution >= 4 is 40.2 Å². The number of hydrogen-bond donors (Lipinski definition) is 0. The van der Waals surface area contributed by atoms with Crippen LogP contribution in [0, 0.1) is 5.92 Å². The van der Waals surface area contributed by atoms with Crippen LogP contribution in [0.5, 0.6) is 0 Å². The number of fused-ring (bicyclic) bond motifs is 1. The molecule has 0 radical (unpaired) electrons. The van der Waals surface area contributed by atoms with Crippen molar-refractivity contribution in [2.45, 2.75) is 32.0 Å². The number of nitrogens with zero attached hydrogens (tertiary/aromatic N) is 3. The highest BCUT2D eigenvalue weighted by atomic mass is 35.5. The molecule has 0 saturated carbocycles. The lowest BCUT2D eigenvalue weighted by Crippen LogP contribution is -2.41. The van der Waals surface area contributed by atoms with Gasteiger partial charge < -0.3 is 9.64 Å². The van der Waals surface area contributed by atoms with Gasteiger partial charge in [0, 0.05) is 24.7 Å². The first-order chi connectivity index (χ1) is 13.0. The Morgan fingerprint density at radius 3 is 2.78 bits per heavy atom. The highest BCUT2D eigenvalue weighted by Gasteiger charge is 2.19. The summed E-state index contributed by atoms with van der Waals surface area (Å²) < 4.78 is 6.98. The molecular formula is C19H24ClN3O3S. The van der Waals surface area contributed by atoms with Crippen LogP contribution in [0.25, 0.3) is 10.9 Å². The molecule has 1 aromatic carbocycles. The minimum Gasteiger partial charge on any atom is -0.378 e. The summed E-state index contributed by atoms with van der Waals surface area (Å²) >= 11 is 7.38. The summed E-state index contributed by atoms with van der Waals surface area (Å²) in [4.78, 5) is 31.9. The first-order valence-corrected chi connectivity index (χ1v) is 10.5. The van der Waals surface area contributed by atoms with E-state index in [-0.39, 0.29) is 17.2 Å². The number of halogens is 1. The number of ether oxygens (including phenoxy) is 1. The van der Waals surface area contributed by atoms with Crippen LogP contribution in [0.4, 0.5) is 0 Å². The largest absolute Gasteiger partial charge is 0.378 e. The quantitative estimate of drug-likeness (QED) is 0.542. The van der Waals surface area contributed by atoms with E-state index in [2.05, 4.69) is 18.8 Å². The molecule has 27 heavy (non-hydrogen) atoms. The number of rotatable bonds is 6. The van der Waals surface area contributed by atoms with E-state index < -0.39 is 0 Å². The average Bonchev–Trinajstić information content (AvgIpc) is 2.65. The van der Waals surface area contributed by atoms with E-state index in [4.69, 9.17) is 16.3 Å². The molecule has 6 nitrogen and oxygen atoms in total. The van der Waals surface area contributed by atoms with Crippen LogP contribution < -0.4 is 5.56 Å². The zero-order valence-corrected chi connectivity index (χ0v) is 17.2. The number of benzene rings is 1. The monoisotopic (exact) mass is 409 g/mol. The maximum atomic E-state index is 13.0. The number of thioether (sulfide) groups is 1. The Hall–Kier alpha value is -1.57. The van der Waals surface area contributed by atoms with Crippen LogP contribution in [0.1, 0.15) is 20.3 Å². The van der Waals surface area contributed by atoms with Gasteiger partial charge in [-0.1, -0.05) is 37.2 Å². The molecule has 0 spiro atoms. The van der Waals surface area contributed by atoms with Gasteiger partial charge in [-0.3, -0.25) is 14.2 Å². The van der Waals surface area contributed by atoms with E-state index in [1.807, 2.05) is 0 Å². The van der Waals surface area contributed by atoms with Crippen LogP contribution in [-0.2, 0) is 16.1 Å². The molecule has 3 rings (SSSR count). The lowest BCUT2D eigenvalue weighted by Gasteiger charge is -2.26. The number of hydrogen-bond acceptors (Lipinski definition) is 5. The van der Waals surface area contributed by atoms with Crippen molar-refractivity contribution in [1.82, 2.24) is 14.5 Å². The van der Waals surface area contributed by atoms with Crippen molar-refractivity contribution < 1.29 is 9.53 Å². The molecular weight excluding hydrogens is 386 g/mol. The van der Waals surface area contributed by atoms with Gasteiger partial charge in [0.15, 0.2) is 5.16 Å². The van der Waals surface area contributed by atoms with Crippen molar-refractivity contribution in [2.75, 3.05) is 32.1 Å². The zero-order valence-electron chi connectivity index (χ0n) is 15.6. The molecule has 1 aromatic heterocycles. The second-order valence-corrected chi connectivity index (χ2v) is 8.36. The molecule has 0 bridgehead atoms. The fourth-order valence-corrected chi connectivity index (χ4v) is 3.99. The van der Waals surface area contributed by atoms with Crippen molar-refractivity contribution in [1.29, 1.82) is 0 Å². The molecule has 0 atom stereocenters. The molecule has 0 N–H and O–H groups in total. The summed E-state index contributed by atoms with van der Waals surface area (Å²) in [6.07, 6.45) is 0.867. The number of carbonyl (C=O) groups excluding carboxylic acids is 1. The van der Waals surface area contributed by atoms with Gasteiger partial charge in [-0.25, -0.2) is 4.98 Å². The molecule has 1 aliphatic heterocycles. The van der Waals surface area contributed by atoms with Crippen molar-refractivity contribution in [2.24, 2.45) is 5.92 Å². The third-order valence-electron chi connectivity index (χ3n) is 4.50. The molecule has 2 heterocycles. The van der Waals surface area contributed by atoms with E-state index in [1.54, 1.807) is 27.7 Å². The fraction of sp³-hybridized carbons (Fsp3) is 0.526. The summed E-state index contributed by atoms with van der Waals surface area (Å²) in [6, 6.07) is 5.11. The predicted molar refractivity (Wildman–Crippen MR) is 109 cm³/mol. The third-order valence-corrected chi connectivity index (χ3v) is 5.70. The summed E-state index contributed by atoms with van der Waals surface area (Å²) in [5.74, 6) is 0.755. The first-order valence-electron chi connectivity index (χ1n) is 9.14. The molecule has 0 unspecified atom stereocenters. The molecule has 1 aliphatic rings. The van der Waals surface area contributed by atoms with E-state index in [0.717, 1.165) is 6.42 Å². The maximum absolute atomic E-state index is 13.0. The Kier molecular flexibility index (Phi) is 6.78. The highest BCUT2D eigenvalue weighted by Crippen LogP contribution is 2.21. The number of amides is 1. The van der Waals surface area contributed by atoms with Gasteiger partial charge in [0.2, 0.25) is 5.91 Å². The Balaban J connectivity index is 1.87. The first kappa shape index (κ1) is 20.2. The molecule has 1 amide bonds. The molecule has 1 fully saturated rings. The number of aromatic nitrogens is 2. The summed E-state index contributed by atoms with van der Waals surface area (Å²) in [5, 5.41) is 1.65. The SMILES string of the molecule is CC(C)CCn1c(SCC(=O)N2CCOCC2)nc2cc(Cl)ccc2c1=O. The maximum Gasteiger partial charge on any atom is 0.262 e. The Labute approximate surface area is 167 Å². The summed E-state index contributed by atoms with van der Waals surface area (Å²) in [6.45, 7) is 7.18. The summed E-state index contributed by atoms with van der Waals surface area (Å²) in [7, 11) is 0. The smallest absolute Gasteiger partial charge is 0.262 e. The van der Waals surface area contributed by atoms with Crippen LogP contribution in [0.15, 0.2) is 28.2 Å². The Bertz CT molecular complexity index is 878. The predicted octanol–water partition coefficient (Wildman–Crippen LogP) is 3.05. The van der Waals surface area contributed by atoms with Gasteiger partial charge in [0.25, 0.3) is 5.56 Å². The van der Waals surface area contributed by atoms with Crippen LogP contribution in [0.2, 0.25) is 5.02 Å². The third kappa shape index (κ3) is 5.03. The van der Waals surface area contributed by atoms with Crippen LogP contribution in [-0.4, -0.2) is 52.4 Å². The lowest BCUT2D eigenvalue weighted by atomic mass is 10.1. The molecule has 8 heteroatoms. The van der Waals surface area contributed by atoms with Crippen molar-refractivity contribution in [3.8, 4) is 0 Å². The van der Waals surface area contributed by atoms with Gasteiger partial charge >= 0.3 is 0 Å². The highest BCUT2D eigenvalue weighted by molar-refractivity contribution is 7.99. The average molecular weight is 410 g/mol. The van der Waals surface area contributed by atoms with Gasteiger partial charge in [0.1, 0.15) is 0 Å². The molecule has 146 valence electrons. The Morgan fingerprint density at radius 2 is 2.07 bits per heavy atom. The second kappa shape index (κ2) is 9.08. The summed E-state index contributed by atoms with van der Waals surface area (Å²) in [5.41, 5.74) is 0.480. The minimum absolute atomic E-state index is 0.0409. The Morgan fingerprint density at radius 1 is 1.33 bits per heavy atom. The van der Waals surface area contributed by atoms with Crippen LogP contribution in [0.3, 0.4) is 0 Å². The standard InChI is InChI=1S/C19H24ClN3O3S/c1-13(2)5-6-23-18(25)15-4-3-14(20)11-16(15)21-19(23)27-12-17(24)22-7-9-26-10-8-22/h3-4,11,13H,5-10,12H2,1-2H3. The van der Waals surface area contributed by atoms with Crippen LogP contribution >= 0.6 is 23.4 Å². The minimum atomic E-state index is -0.0846.